The molecule has 0 aliphatic heterocycles. The van der Waals surface area contributed by atoms with Crippen LogP contribution in [0.4, 0.5) is 10.3 Å². The number of halogens is 1. The minimum atomic E-state index is -0.254. The highest BCUT2D eigenvalue weighted by atomic mass is 32.1. The summed E-state index contributed by atoms with van der Waals surface area (Å²) in [5.41, 5.74) is 7.37. The molecule has 86 valence electrons. The fourth-order valence-corrected chi connectivity index (χ4v) is 2.72. The molecule has 4 nitrogen and oxygen atoms in total. The van der Waals surface area contributed by atoms with E-state index in [1.807, 2.05) is 6.92 Å². The van der Waals surface area contributed by atoms with Crippen molar-refractivity contribution >= 4 is 22.2 Å². The first-order valence-corrected chi connectivity index (χ1v) is 5.84. The lowest BCUT2D eigenvalue weighted by atomic mass is 10.1. The van der Waals surface area contributed by atoms with E-state index in [1.54, 1.807) is 16.6 Å². The maximum atomic E-state index is 12.9. The smallest absolute Gasteiger partial charge is 0.241 e. The predicted molar refractivity (Wildman–Crippen MR) is 65.4 cm³/mol. The summed E-state index contributed by atoms with van der Waals surface area (Å²) in [5.74, 6) is -0.00408. The number of nitrogen functional groups attached to an aromatic ring is 1. The summed E-state index contributed by atoms with van der Waals surface area (Å²) in [5, 5.41) is 4.13. The van der Waals surface area contributed by atoms with Gasteiger partial charge in [-0.15, -0.1) is 5.10 Å². The summed E-state index contributed by atoms with van der Waals surface area (Å²) in [6, 6.07) is 6.31. The van der Waals surface area contributed by atoms with E-state index < -0.39 is 0 Å². The predicted octanol–water partition coefficient (Wildman–Crippen LogP) is 2.49. The van der Waals surface area contributed by atoms with Gasteiger partial charge < -0.3 is 5.73 Å². The fraction of sp³-hybridized carbons (Fsp3) is 0.0909. The van der Waals surface area contributed by atoms with E-state index in [-0.39, 0.29) is 11.8 Å². The molecule has 0 radical (unpaired) electrons. The van der Waals surface area contributed by atoms with Gasteiger partial charge in [-0.25, -0.2) is 8.91 Å². The average molecular weight is 248 g/mol. The Morgan fingerprint density at radius 1 is 1.29 bits per heavy atom. The highest BCUT2D eigenvalue weighted by Crippen LogP contribution is 2.30. The minimum Gasteiger partial charge on any atom is -0.366 e. The second kappa shape index (κ2) is 3.53. The molecule has 0 amide bonds. The van der Waals surface area contributed by atoms with Crippen LogP contribution in [0.1, 0.15) is 4.88 Å². The number of benzene rings is 1. The van der Waals surface area contributed by atoms with Crippen molar-refractivity contribution in [2.24, 2.45) is 0 Å². The molecule has 0 aliphatic rings. The van der Waals surface area contributed by atoms with Gasteiger partial charge in [-0.1, -0.05) is 11.3 Å². The van der Waals surface area contributed by atoms with Crippen LogP contribution < -0.4 is 5.73 Å². The molecule has 0 bridgehead atoms. The van der Waals surface area contributed by atoms with Crippen LogP contribution in [0.15, 0.2) is 24.3 Å². The molecule has 1 aromatic carbocycles. The van der Waals surface area contributed by atoms with Crippen molar-refractivity contribution in [1.29, 1.82) is 0 Å². The molecule has 3 rings (SSSR count). The number of hydrogen-bond donors (Lipinski definition) is 1. The standard InChI is InChI=1S/C11H9FN4S/c1-6-9(7-2-4-8(12)5-3-7)16-11(17-6)14-10(13)15-16/h2-5H,1H3,(H2,13,15). The molecule has 0 saturated carbocycles. The van der Waals surface area contributed by atoms with Crippen LogP contribution in [0.5, 0.6) is 0 Å². The summed E-state index contributed by atoms with van der Waals surface area (Å²) in [6.45, 7) is 1.98. The van der Waals surface area contributed by atoms with E-state index in [4.69, 9.17) is 5.73 Å². The van der Waals surface area contributed by atoms with E-state index in [1.165, 1.54) is 23.5 Å². The lowest BCUT2D eigenvalue weighted by molar-refractivity contribution is 0.628. The average Bonchev–Trinajstić information content (AvgIpc) is 2.75. The molecular formula is C11H9FN4S. The van der Waals surface area contributed by atoms with Gasteiger partial charge in [0.05, 0.1) is 5.69 Å². The van der Waals surface area contributed by atoms with E-state index >= 15 is 0 Å². The maximum Gasteiger partial charge on any atom is 0.241 e. The fourth-order valence-electron chi connectivity index (χ4n) is 1.79. The number of nitrogens with zero attached hydrogens (tertiary/aromatic N) is 3. The first-order valence-electron chi connectivity index (χ1n) is 5.03. The van der Waals surface area contributed by atoms with Crippen molar-refractivity contribution in [3.05, 3.63) is 35.0 Å². The van der Waals surface area contributed by atoms with Gasteiger partial charge in [-0.05, 0) is 31.2 Å². The highest BCUT2D eigenvalue weighted by Gasteiger charge is 2.14. The topological polar surface area (TPSA) is 56.2 Å². The van der Waals surface area contributed by atoms with Crippen LogP contribution in [0.3, 0.4) is 0 Å². The Kier molecular flexibility index (Phi) is 2.12. The minimum absolute atomic E-state index is 0.250. The van der Waals surface area contributed by atoms with Crippen LogP contribution in [0, 0.1) is 12.7 Å². The Morgan fingerprint density at radius 2 is 2.00 bits per heavy atom. The zero-order valence-corrected chi connectivity index (χ0v) is 9.83. The van der Waals surface area contributed by atoms with E-state index in [9.17, 15) is 4.39 Å². The molecule has 6 heteroatoms. The molecule has 0 saturated heterocycles. The zero-order valence-electron chi connectivity index (χ0n) is 9.01. The number of hydrogen-bond acceptors (Lipinski definition) is 4. The van der Waals surface area contributed by atoms with Gasteiger partial charge in [0.2, 0.25) is 10.9 Å². The largest absolute Gasteiger partial charge is 0.366 e. The summed E-state index contributed by atoms with van der Waals surface area (Å²) in [7, 11) is 0. The molecule has 0 aliphatic carbocycles. The molecule has 3 aromatic rings. The van der Waals surface area contributed by atoms with Crippen molar-refractivity contribution in [3.8, 4) is 11.3 Å². The molecule has 0 unspecified atom stereocenters. The number of anilines is 1. The van der Waals surface area contributed by atoms with Gasteiger partial charge in [-0.2, -0.15) is 4.98 Å². The molecule has 2 heterocycles. The van der Waals surface area contributed by atoms with Crippen molar-refractivity contribution < 1.29 is 4.39 Å². The Bertz CT molecular complexity index is 683. The number of fused-ring (bicyclic) bond motifs is 1. The number of rotatable bonds is 1. The summed E-state index contributed by atoms with van der Waals surface area (Å²) in [6.07, 6.45) is 0. The van der Waals surface area contributed by atoms with Gasteiger partial charge in [0.15, 0.2) is 0 Å². The molecule has 2 aromatic heterocycles. The van der Waals surface area contributed by atoms with Gasteiger partial charge in [0.1, 0.15) is 5.82 Å². The SMILES string of the molecule is Cc1sc2nc(N)nn2c1-c1ccc(F)cc1. The molecule has 0 spiro atoms. The van der Waals surface area contributed by atoms with Crippen molar-refractivity contribution in [2.45, 2.75) is 6.92 Å². The monoisotopic (exact) mass is 248 g/mol. The maximum absolute atomic E-state index is 12.9. The second-order valence-corrected chi connectivity index (χ2v) is 4.86. The highest BCUT2D eigenvalue weighted by molar-refractivity contribution is 7.17. The molecule has 0 atom stereocenters. The van der Waals surface area contributed by atoms with Gasteiger partial charge in [0.25, 0.3) is 0 Å². The normalized spacial score (nSPS) is 11.2. The number of nitrogens with two attached hydrogens (primary N) is 1. The number of aryl methyl sites for hydroxylation is 1. The lowest BCUT2D eigenvalue weighted by Gasteiger charge is -2.00. The van der Waals surface area contributed by atoms with E-state index in [0.717, 1.165) is 21.1 Å². The molecular weight excluding hydrogens is 239 g/mol. The number of aromatic nitrogens is 3. The van der Waals surface area contributed by atoms with Crippen LogP contribution in [0.25, 0.3) is 16.2 Å². The van der Waals surface area contributed by atoms with Crippen molar-refractivity contribution in [1.82, 2.24) is 14.6 Å². The Balaban J connectivity index is 2.28. The van der Waals surface area contributed by atoms with Gasteiger partial charge in [0, 0.05) is 10.4 Å². The Hall–Kier alpha value is -1.95. The van der Waals surface area contributed by atoms with Crippen LogP contribution in [-0.4, -0.2) is 14.6 Å². The zero-order chi connectivity index (χ0) is 12.0. The summed E-state index contributed by atoms with van der Waals surface area (Å²) >= 11 is 1.51. The van der Waals surface area contributed by atoms with Gasteiger partial charge >= 0.3 is 0 Å². The van der Waals surface area contributed by atoms with Crippen molar-refractivity contribution in [2.75, 3.05) is 5.73 Å². The summed E-state index contributed by atoms with van der Waals surface area (Å²) in [4.78, 5) is 5.94. The lowest BCUT2D eigenvalue weighted by Crippen LogP contribution is -1.92. The quantitative estimate of drug-likeness (QED) is 0.719. The van der Waals surface area contributed by atoms with Crippen LogP contribution in [-0.2, 0) is 0 Å². The third-order valence-corrected chi connectivity index (χ3v) is 3.45. The van der Waals surface area contributed by atoms with Crippen molar-refractivity contribution in [3.63, 3.8) is 0 Å². The Labute approximate surface area is 101 Å². The number of thiazole rings is 1. The first-order chi connectivity index (χ1) is 8.15. The van der Waals surface area contributed by atoms with Crippen LogP contribution in [0.2, 0.25) is 0 Å². The molecule has 0 fully saturated rings. The third-order valence-electron chi connectivity index (χ3n) is 2.50. The van der Waals surface area contributed by atoms with Gasteiger partial charge in [-0.3, -0.25) is 0 Å². The molecule has 17 heavy (non-hydrogen) atoms. The Morgan fingerprint density at radius 3 is 2.71 bits per heavy atom. The van der Waals surface area contributed by atoms with E-state index in [0.29, 0.717) is 0 Å². The summed E-state index contributed by atoms with van der Waals surface area (Å²) < 4.78 is 14.6. The van der Waals surface area contributed by atoms with E-state index in [2.05, 4.69) is 10.1 Å². The van der Waals surface area contributed by atoms with Crippen LogP contribution >= 0.6 is 11.3 Å². The second-order valence-electron chi connectivity index (χ2n) is 3.68. The third kappa shape index (κ3) is 1.57. The first kappa shape index (κ1) is 10.2. The molecule has 2 N–H and O–H groups in total.